The summed E-state index contributed by atoms with van der Waals surface area (Å²) < 4.78 is 11.8. The number of rotatable bonds is 4. The SMILES string of the molecule is CC(C)(C)OC(=O)N1C[C@@H](C(C)(C)O[SiH2]C(C)(C)C)C[C@H]1CO. The van der Waals surface area contributed by atoms with E-state index in [1.54, 1.807) is 4.90 Å². The van der Waals surface area contributed by atoms with Crippen molar-refractivity contribution in [2.24, 2.45) is 5.92 Å². The van der Waals surface area contributed by atoms with Gasteiger partial charge in [0, 0.05) is 12.5 Å². The zero-order valence-electron chi connectivity index (χ0n) is 16.1. The molecule has 0 unspecified atom stereocenters. The van der Waals surface area contributed by atoms with Crippen LogP contribution in [0.4, 0.5) is 4.79 Å². The van der Waals surface area contributed by atoms with Crippen molar-refractivity contribution in [2.75, 3.05) is 13.2 Å². The summed E-state index contributed by atoms with van der Waals surface area (Å²) in [6, 6.07) is -0.186. The molecule has 1 heterocycles. The van der Waals surface area contributed by atoms with Crippen LogP contribution in [-0.4, -0.2) is 56.3 Å². The van der Waals surface area contributed by atoms with E-state index in [1.165, 1.54) is 0 Å². The molecule has 1 aliphatic heterocycles. The van der Waals surface area contributed by atoms with Crippen LogP contribution in [0.5, 0.6) is 0 Å². The van der Waals surface area contributed by atoms with E-state index in [2.05, 4.69) is 34.6 Å². The van der Waals surface area contributed by atoms with Crippen LogP contribution in [0.3, 0.4) is 0 Å². The third-order valence-electron chi connectivity index (χ3n) is 4.11. The van der Waals surface area contributed by atoms with Crippen LogP contribution >= 0.6 is 0 Å². The van der Waals surface area contributed by atoms with Gasteiger partial charge < -0.3 is 19.2 Å². The molecule has 0 radical (unpaired) electrons. The zero-order chi connectivity index (χ0) is 18.1. The van der Waals surface area contributed by atoms with Gasteiger partial charge in [-0.05, 0) is 46.1 Å². The third-order valence-corrected chi connectivity index (χ3v) is 5.87. The van der Waals surface area contributed by atoms with Crippen molar-refractivity contribution < 1.29 is 19.1 Å². The summed E-state index contributed by atoms with van der Waals surface area (Å²) in [6.07, 6.45) is 0.407. The number of aliphatic hydroxyl groups is 1. The van der Waals surface area contributed by atoms with Crippen molar-refractivity contribution in [3.8, 4) is 0 Å². The average Bonchev–Trinajstić information content (AvgIpc) is 2.78. The van der Waals surface area contributed by atoms with E-state index < -0.39 is 15.4 Å². The van der Waals surface area contributed by atoms with Gasteiger partial charge in [0.25, 0.3) is 0 Å². The van der Waals surface area contributed by atoms with Crippen LogP contribution in [0.2, 0.25) is 5.04 Å². The second kappa shape index (κ2) is 7.11. The first-order chi connectivity index (χ1) is 10.2. The second-order valence-corrected chi connectivity index (χ2v) is 12.1. The van der Waals surface area contributed by atoms with Gasteiger partial charge >= 0.3 is 6.09 Å². The predicted octanol–water partition coefficient (Wildman–Crippen LogP) is 2.70. The Hall–Kier alpha value is -0.593. The van der Waals surface area contributed by atoms with Crippen molar-refractivity contribution in [3.05, 3.63) is 0 Å². The third kappa shape index (κ3) is 6.43. The molecule has 0 saturated carbocycles. The van der Waals surface area contributed by atoms with Crippen molar-refractivity contribution in [3.63, 3.8) is 0 Å². The van der Waals surface area contributed by atoms with E-state index in [0.717, 1.165) is 6.42 Å². The highest BCUT2D eigenvalue weighted by Gasteiger charge is 2.44. The van der Waals surface area contributed by atoms with Crippen LogP contribution in [0.1, 0.15) is 61.8 Å². The zero-order valence-corrected chi connectivity index (χ0v) is 17.5. The number of aliphatic hydroxyl groups excluding tert-OH is 1. The summed E-state index contributed by atoms with van der Waals surface area (Å²) in [5.74, 6) is 0.210. The highest BCUT2D eigenvalue weighted by atomic mass is 28.2. The van der Waals surface area contributed by atoms with Gasteiger partial charge in [0.2, 0.25) is 0 Å². The van der Waals surface area contributed by atoms with E-state index in [-0.39, 0.29) is 35.3 Å². The summed E-state index contributed by atoms with van der Waals surface area (Å²) in [4.78, 5) is 14.0. The Morgan fingerprint density at radius 3 is 2.17 bits per heavy atom. The molecule has 1 aliphatic rings. The van der Waals surface area contributed by atoms with E-state index in [1.807, 2.05) is 20.8 Å². The van der Waals surface area contributed by atoms with Gasteiger partial charge in [0.1, 0.15) is 5.60 Å². The summed E-state index contributed by atoms with van der Waals surface area (Å²) >= 11 is 0. The van der Waals surface area contributed by atoms with Gasteiger partial charge in [-0.3, -0.25) is 0 Å². The molecule has 1 rings (SSSR count). The van der Waals surface area contributed by atoms with E-state index >= 15 is 0 Å². The number of hydrogen-bond donors (Lipinski definition) is 1. The molecule has 1 N–H and O–H groups in total. The first-order valence-electron chi connectivity index (χ1n) is 8.49. The molecule has 0 spiro atoms. The molecule has 6 heteroatoms. The van der Waals surface area contributed by atoms with Crippen LogP contribution in [0.15, 0.2) is 0 Å². The lowest BCUT2D eigenvalue weighted by Gasteiger charge is -2.35. The number of nitrogens with zero attached hydrogens (tertiary/aromatic N) is 1. The molecule has 23 heavy (non-hydrogen) atoms. The Bertz CT molecular complexity index is 412. The number of likely N-dealkylation sites (tertiary alicyclic amines) is 1. The molecular formula is C17H35NO4Si. The molecular weight excluding hydrogens is 310 g/mol. The molecule has 0 aromatic rings. The maximum atomic E-state index is 12.4. The number of carbonyl (C=O) groups excluding carboxylic acids is 1. The van der Waals surface area contributed by atoms with Crippen LogP contribution < -0.4 is 0 Å². The standard InChI is InChI=1S/C17H35NO4Si/c1-15(2,3)21-14(20)18-10-12(9-13(18)11-19)17(7,8)22-23-16(4,5)6/h12-13,19H,9-11,23H2,1-8H3/t12-,13-/m0/s1. The van der Waals surface area contributed by atoms with Crippen molar-refractivity contribution in [1.29, 1.82) is 0 Å². The lowest BCUT2D eigenvalue weighted by atomic mass is 9.89. The summed E-state index contributed by atoms with van der Waals surface area (Å²) in [5, 5.41) is 9.88. The quantitative estimate of drug-likeness (QED) is 0.796. The molecule has 1 saturated heterocycles. The van der Waals surface area contributed by atoms with Crippen LogP contribution in [0.25, 0.3) is 0 Å². The molecule has 1 fully saturated rings. The Morgan fingerprint density at radius 2 is 1.74 bits per heavy atom. The number of carbonyl (C=O) groups is 1. The van der Waals surface area contributed by atoms with E-state index in [0.29, 0.717) is 6.54 Å². The van der Waals surface area contributed by atoms with E-state index in [4.69, 9.17) is 9.16 Å². The molecule has 0 aromatic heterocycles. The highest BCUT2D eigenvalue weighted by molar-refractivity contribution is 6.31. The highest BCUT2D eigenvalue weighted by Crippen LogP contribution is 2.36. The lowest BCUT2D eigenvalue weighted by molar-refractivity contribution is 0.0138. The minimum absolute atomic E-state index is 0.0392. The van der Waals surface area contributed by atoms with Gasteiger partial charge in [-0.1, -0.05) is 20.8 Å². The maximum Gasteiger partial charge on any atom is 0.410 e. The molecule has 2 atom stereocenters. The number of ether oxygens (including phenoxy) is 1. The monoisotopic (exact) mass is 345 g/mol. The largest absolute Gasteiger partial charge is 0.444 e. The Balaban J connectivity index is 2.75. The van der Waals surface area contributed by atoms with Crippen molar-refractivity contribution >= 4 is 15.9 Å². The maximum absolute atomic E-state index is 12.4. The summed E-state index contributed by atoms with van der Waals surface area (Å²) in [7, 11) is -0.673. The van der Waals surface area contributed by atoms with Crippen LogP contribution in [-0.2, 0) is 9.16 Å². The van der Waals surface area contributed by atoms with Gasteiger partial charge in [-0.15, -0.1) is 0 Å². The summed E-state index contributed by atoms with van der Waals surface area (Å²) in [6.45, 7) is 16.9. The van der Waals surface area contributed by atoms with E-state index in [9.17, 15) is 9.90 Å². The molecule has 0 bridgehead atoms. The van der Waals surface area contributed by atoms with Crippen LogP contribution in [0, 0.1) is 5.92 Å². The fraction of sp³-hybridized carbons (Fsp3) is 0.941. The molecule has 136 valence electrons. The predicted molar refractivity (Wildman–Crippen MR) is 95.3 cm³/mol. The Morgan fingerprint density at radius 1 is 1.17 bits per heavy atom. The fourth-order valence-electron chi connectivity index (χ4n) is 2.66. The topological polar surface area (TPSA) is 59.0 Å². The molecule has 0 aromatic carbocycles. The molecule has 1 amide bonds. The van der Waals surface area contributed by atoms with Gasteiger partial charge in [-0.25, -0.2) is 4.79 Å². The van der Waals surface area contributed by atoms with Crippen molar-refractivity contribution in [2.45, 2.75) is 84.1 Å². The average molecular weight is 346 g/mol. The van der Waals surface area contributed by atoms with Gasteiger partial charge in [0.05, 0.1) is 18.2 Å². The van der Waals surface area contributed by atoms with Gasteiger partial charge in [0.15, 0.2) is 9.76 Å². The Labute approximate surface area is 143 Å². The first kappa shape index (κ1) is 20.5. The minimum atomic E-state index is -0.673. The Kier molecular flexibility index (Phi) is 6.32. The molecule has 5 nitrogen and oxygen atoms in total. The van der Waals surface area contributed by atoms with Crippen molar-refractivity contribution in [1.82, 2.24) is 4.90 Å². The number of amides is 1. The number of hydrogen-bond acceptors (Lipinski definition) is 4. The smallest absolute Gasteiger partial charge is 0.410 e. The second-order valence-electron chi connectivity index (χ2n) is 9.35. The lowest BCUT2D eigenvalue weighted by Crippen LogP contribution is -2.43. The molecule has 0 aliphatic carbocycles. The normalized spacial score (nSPS) is 23.8. The minimum Gasteiger partial charge on any atom is -0.444 e. The summed E-state index contributed by atoms with van der Waals surface area (Å²) in [5.41, 5.74) is -0.815. The first-order valence-corrected chi connectivity index (χ1v) is 9.78. The van der Waals surface area contributed by atoms with Gasteiger partial charge in [-0.2, -0.15) is 0 Å². The fourth-order valence-corrected chi connectivity index (χ4v) is 3.70.